The number of unbranched alkanes of at least 4 members (excludes halogenated alkanes) is 9. The first kappa shape index (κ1) is 22.3. The molecule has 4 heteroatoms. The highest BCUT2D eigenvalue weighted by atomic mass is 16.5. The number of hydrogen-bond donors (Lipinski definition) is 2. The number of oxime groups is 1. The zero-order valence-electron chi connectivity index (χ0n) is 16.7. The molecule has 0 heterocycles. The first-order valence-corrected chi connectivity index (χ1v) is 10.4. The number of phenols is 1. The van der Waals surface area contributed by atoms with Crippen LogP contribution in [0.5, 0.6) is 11.5 Å². The summed E-state index contributed by atoms with van der Waals surface area (Å²) < 4.78 is 5.82. The predicted molar refractivity (Wildman–Crippen MR) is 109 cm³/mol. The van der Waals surface area contributed by atoms with E-state index in [1.165, 1.54) is 44.9 Å². The molecule has 0 aliphatic rings. The van der Waals surface area contributed by atoms with E-state index < -0.39 is 0 Å². The van der Waals surface area contributed by atoms with Gasteiger partial charge in [-0.15, -0.1) is 0 Å². The Morgan fingerprint density at radius 3 is 2.15 bits per heavy atom. The summed E-state index contributed by atoms with van der Waals surface area (Å²) in [5.41, 5.74) is 1.09. The Balaban J connectivity index is 2.37. The Labute approximate surface area is 159 Å². The zero-order chi connectivity index (χ0) is 19.0. The van der Waals surface area contributed by atoms with E-state index in [9.17, 15) is 10.3 Å². The molecule has 0 spiro atoms. The molecule has 1 aromatic rings. The Bertz CT molecular complexity index is 514. The molecule has 0 saturated carbocycles. The van der Waals surface area contributed by atoms with Crippen LogP contribution in [0.1, 0.15) is 96.5 Å². The molecule has 0 saturated heterocycles. The lowest BCUT2D eigenvalue weighted by Crippen LogP contribution is -2.04. The van der Waals surface area contributed by atoms with Gasteiger partial charge in [-0.3, -0.25) is 0 Å². The molecule has 0 aliphatic carbocycles. The third-order valence-electron chi connectivity index (χ3n) is 4.68. The van der Waals surface area contributed by atoms with E-state index >= 15 is 0 Å². The van der Waals surface area contributed by atoms with Crippen LogP contribution in [0, 0.1) is 0 Å². The largest absolute Gasteiger partial charge is 0.507 e. The second-order valence-electron chi connectivity index (χ2n) is 7.01. The van der Waals surface area contributed by atoms with Gasteiger partial charge in [0.15, 0.2) is 0 Å². The highest BCUT2D eigenvalue weighted by Crippen LogP contribution is 2.26. The van der Waals surface area contributed by atoms with Crippen LogP contribution >= 0.6 is 0 Å². The lowest BCUT2D eigenvalue weighted by Gasteiger charge is -2.11. The summed E-state index contributed by atoms with van der Waals surface area (Å²) >= 11 is 0. The van der Waals surface area contributed by atoms with Crippen molar-refractivity contribution in [2.24, 2.45) is 5.16 Å². The summed E-state index contributed by atoms with van der Waals surface area (Å²) in [5, 5.41) is 22.7. The third-order valence-corrected chi connectivity index (χ3v) is 4.68. The molecular weight excluding hydrogens is 326 g/mol. The fraction of sp³-hybridized carbons (Fsp3) is 0.682. The summed E-state index contributed by atoms with van der Waals surface area (Å²) in [4.78, 5) is 0. The van der Waals surface area contributed by atoms with Crippen molar-refractivity contribution in [1.82, 2.24) is 0 Å². The van der Waals surface area contributed by atoms with E-state index in [2.05, 4.69) is 19.0 Å². The van der Waals surface area contributed by atoms with Gasteiger partial charge >= 0.3 is 0 Å². The minimum absolute atomic E-state index is 0.133. The van der Waals surface area contributed by atoms with Crippen LogP contribution < -0.4 is 4.74 Å². The summed E-state index contributed by atoms with van der Waals surface area (Å²) in [6.45, 7) is 5.06. The molecule has 1 rings (SSSR count). The minimum atomic E-state index is 0.133. The number of rotatable bonds is 15. The molecule has 1 aromatic carbocycles. The predicted octanol–water partition coefficient (Wildman–Crippen LogP) is 6.67. The van der Waals surface area contributed by atoms with Gasteiger partial charge in [0.05, 0.1) is 12.3 Å². The van der Waals surface area contributed by atoms with E-state index in [1.54, 1.807) is 18.2 Å². The number of benzene rings is 1. The van der Waals surface area contributed by atoms with Crippen LogP contribution in [0.4, 0.5) is 0 Å². The van der Waals surface area contributed by atoms with Gasteiger partial charge in [0.2, 0.25) is 0 Å². The van der Waals surface area contributed by atoms with Crippen LogP contribution in [-0.2, 0) is 0 Å². The van der Waals surface area contributed by atoms with Crippen molar-refractivity contribution >= 4 is 5.71 Å². The number of hydrogen-bond acceptors (Lipinski definition) is 4. The van der Waals surface area contributed by atoms with Crippen LogP contribution in [-0.4, -0.2) is 22.6 Å². The average molecular weight is 364 g/mol. The topological polar surface area (TPSA) is 62.0 Å². The molecule has 0 amide bonds. The summed E-state index contributed by atoms with van der Waals surface area (Å²) in [6.07, 6.45) is 13.9. The summed E-state index contributed by atoms with van der Waals surface area (Å²) in [7, 11) is 0. The van der Waals surface area contributed by atoms with Crippen molar-refractivity contribution in [2.45, 2.75) is 90.9 Å². The molecule has 26 heavy (non-hydrogen) atoms. The zero-order valence-corrected chi connectivity index (χ0v) is 16.7. The number of ether oxygens (including phenoxy) is 1. The average Bonchev–Trinajstić information content (AvgIpc) is 2.65. The van der Waals surface area contributed by atoms with Crippen molar-refractivity contribution in [2.75, 3.05) is 6.61 Å². The number of phenolic OH excluding ortho intramolecular Hbond substituents is 1. The molecule has 2 N–H and O–H groups in total. The maximum absolute atomic E-state index is 10.1. The van der Waals surface area contributed by atoms with Crippen molar-refractivity contribution in [3.05, 3.63) is 23.8 Å². The van der Waals surface area contributed by atoms with E-state index in [1.807, 2.05) is 0 Å². The normalized spacial score (nSPS) is 11.7. The van der Waals surface area contributed by atoms with E-state index in [0.29, 0.717) is 24.3 Å². The van der Waals surface area contributed by atoms with Crippen molar-refractivity contribution < 1.29 is 15.1 Å². The summed E-state index contributed by atoms with van der Waals surface area (Å²) in [6, 6.07) is 5.16. The highest BCUT2D eigenvalue weighted by Gasteiger charge is 2.11. The number of aromatic hydroxyl groups is 1. The van der Waals surface area contributed by atoms with Gasteiger partial charge in [-0.05, 0) is 37.5 Å². The van der Waals surface area contributed by atoms with Gasteiger partial charge < -0.3 is 15.1 Å². The summed E-state index contributed by atoms with van der Waals surface area (Å²) in [5.74, 6) is 0.853. The molecule has 0 bridgehead atoms. The monoisotopic (exact) mass is 363 g/mol. The Morgan fingerprint density at radius 1 is 0.885 bits per heavy atom. The lowest BCUT2D eigenvalue weighted by atomic mass is 10.0. The van der Waals surface area contributed by atoms with Crippen molar-refractivity contribution in [1.29, 1.82) is 0 Å². The maximum Gasteiger partial charge on any atom is 0.125 e. The van der Waals surface area contributed by atoms with E-state index in [0.717, 1.165) is 31.4 Å². The molecular formula is C22H37NO3. The quantitative estimate of drug-likeness (QED) is 0.158. The maximum atomic E-state index is 10.1. The molecule has 0 atom stereocenters. The molecule has 0 unspecified atom stereocenters. The molecule has 0 aromatic heterocycles. The van der Waals surface area contributed by atoms with Gasteiger partial charge in [-0.1, -0.05) is 76.8 Å². The SMILES string of the molecule is CCCCCCCCCCOc1ccc(O)c(/C(CCCCC)=N/O)c1. The van der Waals surface area contributed by atoms with Gasteiger partial charge in [-0.2, -0.15) is 0 Å². The highest BCUT2D eigenvalue weighted by molar-refractivity contribution is 6.02. The van der Waals surface area contributed by atoms with E-state index in [-0.39, 0.29) is 5.75 Å². The van der Waals surface area contributed by atoms with Gasteiger partial charge in [-0.25, -0.2) is 0 Å². The third kappa shape index (κ3) is 9.12. The Morgan fingerprint density at radius 2 is 1.50 bits per heavy atom. The van der Waals surface area contributed by atoms with Crippen LogP contribution in [0.15, 0.2) is 23.4 Å². The van der Waals surface area contributed by atoms with Gasteiger partial charge in [0, 0.05) is 5.56 Å². The second kappa shape index (κ2) is 14.5. The fourth-order valence-corrected chi connectivity index (χ4v) is 3.04. The molecule has 148 valence electrons. The molecule has 0 fully saturated rings. The van der Waals surface area contributed by atoms with E-state index in [4.69, 9.17) is 4.74 Å². The lowest BCUT2D eigenvalue weighted by molar-refractivity contribution is 0.303. The first-order chi connectivity index (χ1) is 12.7. The minimum Gasteiger partial charge on any atom is -0.507 e. The Hall–Kier alpha value is -1.71. The molecule has 0 radical (unpaired) electrons. The number of nitrogens with zero attached hydrogens (tertiary/aromatic N) is 1. The molecule has 4 nitrogen and oxygen atoms in total. The van der Waals surface area contributed by atoms with Crippen molar-refractivity contribution in [3.8, 4) is 11.5 Å². The smallest absolute Gasteiger partial charge is 0.125 e. The standard InChI is InChI=1S/C22H37NO3/c1-3-5-7-8-9-10-11-13-17-26-19-15-16-22(24)20(18-19)21(23-25)14-12-6-4-2/h15-16,18,24-25H,3-14,17H2,1-2H3/b23-21+. The first-order valence-electron chi connectivity index (χ1n) is 10.4. The van der Waals surface area contributed by atoms with Crippen LogP contribution in [0.2, 0.25) is 0 Å². The van der Waals surface area contributed by atoms with Gasteiger partial charge in [0.25, 0.3) is 0 Å². The van der Waals surface area contributed by atoms with Crippen LogP contribution in [0.25, 0.3) is 0 Å². The fourth-order valence-electron chi connectivity index (χ4n) is 3.04. The van der Waals surface area contributed by atoms with Crippen LogP contribution in [0.3, 0.4) is 0 Å². The van der Waals surface area contributed by atoms with Gasteiger partial charge in [0.1, 0.15) is 11.5 Å². The molecule has 0 aliphatic heterocycles. The second-order valence-corrected chi connectivity index (χ2v) is 7.01. The van der Waals surface area contributed by atoms with Crippen molar-refractivity contribution in [3.63, 3.8) is 0 Å². The Kier molecular flexibility index (Phi) is 12.4.